The second kappa shape index (κ2) is 7.87. The van der Waals surface area contributed by atoms with Crippen LogP contribution < -0.4 is 15.9 Å². The summed E-state index contributed by atoms with van der Waals surface area (Å²) in [5.41, 5.74) is 8.86. The van der Waals surface area contributed by atoms with Gasteiger partial charge in [0.05, 0.1) is 5.71 Å². The zero-order valence-corrected chi connectivity index (χ0v) is 13.0. The number of nitrogens with two attached hydrogens (primary N) is 1. The quantitative estimate of drug-likeness (QED) is 0.625. The second-order valence-electron chi connectivity index (χ2n) is 4.93. The molecule has 6 nitrogen and oxygen atoms in total. The van der Waals surface area contributed by atoms with Gasteiger partial charge in [-0.15, -0.1) is 0 Å². The van der Waals surface area contributed by atoms with E-state index in [0.717, 1.165) is 11.6 Å². The van der Waals surface area contributed by atoms with Crippen molar-refractivity contribution in [3.63, 3.8) is 0 Å². The third-order valence-corrected chi connectivity index (χ3v) is 3.07. The number of rotatable bonds is 6. The highest BCUT2D eigenvalue weighted by Gasteiger charge is 2.06. The fourth-order valence-electron chi connectivity index (χ4n) is 1.84. The van der Waals surface area contributed by atoms with Crippen LogP contribution in [0.3, 0.4) is 0 Å². The Labute approximate surface area is 138 Å². The van der Waals surface area contributed by atoms with Crippen LogP contribution in [0.5, 0.6) is 5.75 Å². The van der Waals surface area contributed by atoms with Crippen LogP contribution in [0.1, 0.15) is 22.8 Å². The number of hydrazone groups is 1. The van der Waals surface area contributed by atoms with E-state index in [9.17, 15) is 14.0 Å². The van der Waals surface area contributed by atoms with E-state index in [1.807, 2.05) is 0 Å². The van der Waals surface area contributed by atoms with Gasteiger partial charge in [0.1, 0.15) is 11.6 Å². The third-order valence-electron chi connectivity index (χ3n) is 3.07. The standard InChI is InChI=1S/C17H16FN3O3/c1-11(12-5-7-15(8-6-12)24-10-16(19)22)20-21-17(23)13-3-2-4-14(18)9-13/h2-9H,10H2,1H3,(H2,19,22)(H,21,23)/b20-11+. The molecule has 0 saturated heterocycles. The Balaban J connectivity index is 2.00. The molecule has 0 bridgehead atoms. The Morgan fingerprint density at radius 2 is 1.88 bits per heavy atom. The van der Waals surface area contributed by atoms with Gasteiger partial charge in [-0.2, -0.15) is 5.10 Å². The maximum Gasteiger partial charge on any atom is 0.271 e. The van der Waals surface area contributed by atoms with Crippen molar-refractivity contribution in [2.24, 2.45) is 10.8 Å². The number of hydrogen-bond donors (Lipinski definition) is 2. The van der Waals surface area contributed by atoms with E-state index in [0.29, 0.717) is 11.5 Å². The molecule has 2 rings (SSSR count). The lowest BCUT2D eigenvalue weighted by atomic mass is 10.1. The molecule has 0 radical (unpaired) electrons. The first-order chi connectivity index (χ1) is 11.5. The predicted molar refractivity (Wildman–Crippen MR) is 87.2 cm³/mol. The Kier molecular flexibility index (Phi) is 5.62. The summed E-state index contributed by atoms with van der Waals surface area (Å²) in [6.45, 7) is 1.52. The van der Waals surface area contributed by atoms with Crippen LogP contribution in [0.2, 0.25) is 0 Å². The fraction of sp³-hybridized carbons (Fsp3) is 0.118. The zero-order chi connectivity index (χ0) is 17.5. The molecule has 0 aromatic heterocycles. The van der Waals surface area contributed by atoms with Gasteiger partial charge in [0.15, 0.2) is 6.61 Å². The summed E-state index contributed by atoms with van der Waals surface area (Å²) >= 11 is 0. The molecule has 3 N–H and O–H groups in total. The second-order valence-corrected chi connectivity index (χ2v) is 4.93. The molecule has 2 aromatic rings. The van der Waals surface area contributed by atoms with Gasteiger partial charge in [-0.25, -0.2) is 9.82 Å². The molecule has 0 saturated carbocycles. The highest BCUT2D eigenvalue weighted by atomic mass is 19.1. The van der Waals surface area contributed by atoms with Crippen LogP contribution in [0.4, 0.5) is 4.39 Å². The van der Waals surface area contributed by atoms with E-state index in [-0.39, 0.29) is 12.2 Å². The minimum absolute atomic E-state index is 0.182. The molecule has 2 amide bonds. The van der Waals surface area contributed by atoms with Gasteiger partial charge < -0.3 is 10.5 Å². The molecule has 0 fully saturated rings. The molecule has 0 aliphatic heterocycles. The van der Waals surface area contributed by atoms with E-state index in [1.54, 1.807) is 31.2 Å². The van der Waals surface area contributed by atoms with Crippen molar-refractivity contribution in [2.45, 2.75) is 6.92 Å². The van der Waals surface area contributed by atoms with Crippen LogP contribution in [-0.4, -0.2) is 24.1 Å². The van der Waals surface area contributed by atoms with Gasteiger partial charge in [-0.05, 0) is 55.0 Å². The number of carbonyl (C=O) groups excluding carboxylic acids is 2. The SMILES string of the molecule is C/C(=N\NC(=O)c1cccc(F)c1)c1ccc(OCC(N)=O)cc1. The molecule has 0 heterocycles. The number of carbonyl (C=O) groups is 2. The van der Waals surface area contributed by atoms with Gasteiger partial charge >= 0.3 is 0 Å². The summed E-state index contributed by atoms with van der Waals surface area (Å²) in [5.74, 6) is -1.06. The lowest BCUT2D eigenvalue weighted by molar-refractivity contribution is -0.119. The van der Waals surface area contributed by atoms with Crippen molar-refractivity contribution in [3.8, 4) is 5.75 Å². The summed E-state index contributed by atoms with van der Waals surface area (Å²) in [4.78, 5) is 22.5. The maximum absolute atomic E-state index is 13.1. The molecule has 24 heavy (non-hydrogen) atoms. The van der Waals surface area contributed by atoms with Gasteiger partial charge in [0.2, 0.25) is 0 Å². The number of amides is 2. The first-order valence-electron chi connectivity index (χ1n) is 7.07. The molecule has 0 atom stereocenters. The number of primary amides is 1. The average molecular weight is 329 g/mol. The summed E-state index contributed by atoms with van der Waals surface area (Å²) in [7, 11) is 0. The summed E-state index contributed by atoms with van der Waals surface area (Å²) < 4.78 is 18.2. The summed E-state index contributed by atoms with van der Waals surface area (Å²) in [5, 5.41) is 3.98. The van der Waals surface area contributed by atoms with Crippen LogP contribution in [-0.2, 0) is 4.79 Å². The Hall–Kier alpha value is -3.22. The van der Waals surface area contributed by atoms with Gasteiger partial charge in [0, 0.05) is 5.56 Å². The Morgan fingerprint density at radius 1 is 1.17 bits per heavy atom. The van der Waals surface area contributed by atoms with E-state index in [2.05, 4.69) is 10.5 Å². The normalized spacial score (nSPS) is 11.0. The first kappa shape index (κ1) is 17.1. The maximum atomic E-state index is 13.1. The van der Waals surface area contributed by atoms with E-state index in [1.165, 1.54) is 18.2 Å². The van der Waals surface area contributed by atoms with Crippen molar-refractivity contribution in [1.82, 2.24) is 5.43 Å². The number of benzene rings is 2. The minimum Gasteiger partial charge on any atom is -0.484 e. The van der Waals surface area contributed by atoms with Crippen molar-refractivity contribution in [2.75, 3.05) is 6.61 Å². The highest BCUT2D eigenvalue weighted by Crippen LogP contribution is 2.12. The van der Waals surface area contributed by atoms with Crippen LogP contribution in [0.15, 0.2) is 53.6 Å². The number of ether oxygens (including phenoxy) is 1. The average Bonchev–Trinajstić information content (AvgIpc) is 2.58. The van der Waals surface area contributed by atoms with Gasteiger partial charge in [-0.3, -0.25) is 9.59 Å². The molecule has 124 valence electrons. The Morgan fingerprint density at radius 3 is 2.50 bits per heavy atom. The molecular weight excluding hydrogens is 313 g/mol. The number of nitrogens with one attached hydrogen (secondary N) is 1. The Bertz CT molecular complexity index is 773. The van der Waals surface area contributed by atoms with Crippen molar-refractivity contribution in [3.05, 3.63) is 65.5 Å². The van der Waals surface area contributed by atoms with Crippen molar-refractivity contribution < 1.29 is 18.7 Å². The van der Waals surface area contributed by atoms with E-state index >= 15 is 0 Å². The minimum atomic E-state index is -0.558. The molecule has 0 aliphatic rings. The van der Waals surface area contributed by atoms with Crippen molar-refractivity contribution >= 4 is 17.5 Å². The molecular formula is C17H16FN3O3. The zero-order valence-electron chi connectivity index (χ0n) is 13.0. The lowest BCUT2D eigenvalue weighted by Crippen LogP contribution is -2.20. The molecule has 2 aromatic carbocycles. The monoisotopic (exact) mass is 329 g/mol. The number of hydrogen-bond acceptors (Lipinski definition) is 4. The van der Waals surface area contributed by atoms with Crippen LogP contribution in [0.25, 0.3) is 0 Å². The molecule has 0 unspecified atom stereocenters. The topological polar surface area (TPSA) is 93.8 Å². The predicted octanol–water partition coefficient (Wildman–Crippen LogP) is 1.84. The molecule has 7 heteroatoms. The van der Waals surface area contributed by atoms with E-state index < -0.39 is 17.6 Å². The first-order valence-corrected chi connectivity index (χ1v) is 7.07. The molecule has 0 aliphatic carbocycles. The third kappa shape index (κ3) is 4.91. The summed E-state index contributed by atoms with van der Waals surface area (Å²) in [6, 6.07) is 12.1. The molecule has 0 spiro atoms. The summed E-state index contributed by atoms with van der Waals surface area (Å²) in [6.07, 6.45) is 0. The number of halogens is 1. The number of nitrogens with zero attached hydrogens (tertiary/aromatic N) is 1. The fourth-order valence-corrected chi connectivity index (χ4v) is 1.84. The highest BCUT2D eigenvalue weighted by molar-refractivity contribution is 6.00. The van der Waals surface area contributed by atoms with E-state index in [4.69, 9.17) is 10.5 Å². The largest absolute Gasteiger partial charge is 0.484 e. The van der Waals surface area contributed by atoms with Gasteiger partial charge in [0.25, 0.3) is 11.8 Å². The van der Waals surface area contributed by atoms with Gasteiger partial charge in [-0.1, -0.05) is 6.07 Å². The smallest absolute Gasteiger partial charge is 0.271 e. The van der Waals surface area contributed by atoms with Crippen LogP contribution >= 0.6 is 0 Å². The van der Waals surface area contributed by atoms with Crippen LogP contribution in [0, 0.1) is 5.82 Å². The lowest BCUT2D eigenvalue weighted by Gasteiger charge is -2.06. The van der Waals surface area contributed by atoms with Crippen molar-refractivity contribution in [1.29, 1.82) is 0 Å².